The maximum Gasteiger partial charge on any atom is 0.234 e. The van der Waals surface area contributed by atoms with Crippen LogP contribution in [0.1, 0.15) is 19.3 Å². The summed E-state index contributed by atoms with van der Waals surface area (Å²) < 4.78 is 21.7. The average Bonchev–Trinajstić information content (AvgIpc) is 1.55. The predicted molar refractivity (Wildman–Crippen MR) is 32.3 cm³/mol. The van der Waals surface area contributed by atoms with Crippen molar-refractivity contribution in [2.45, 2.75) is 19.3 Å². The molecular weight excluding hydrogens is 126 g/mol. The highest BCUT2D eigenvalue weighted by molar-refractivity contribution is 7.38. The van der Waals surface area contributed by atoms with Crippen molar-refractivity contribution >= 4 is 8.11 Å². The van der Waals surface area contributed by atoms with E-state index in [1.54, 1.807) is 0 Å². The van der Waals surface area contributed by atoms with Gasteiger partial charge < -0.3 is 0 Å². The highest BCUT2D eigenvalue weighted by atomic mass is 31.1. The van der Waals surface area contributed by atoms with Gasteiger partial charge in [0.1, 0.15) is 0 Å². The number of hydrogen-bond donors (Lipinski definition) is 0. The van der Waals surface area contributed by atoms with Crippen molar-refractivity contribution in [3.63, 3.8) is 0 Å². The molecule has 0 aromatic heterocycles. The van der Waals surface area contributed by atoms with Crippen LogP contribution in [0, 0.1) is 5.92 Å². The smallest absolute Gasteiger partial charge is 0.234 e. The standard InChI is InChI=1S/C5H10FOP/c6-8(7)4-5-2-1-3-5/h5,8H,1-4H2. The van der Waals surface area contributed by atoms with Crippen LogP contribution in [0.2, 0.25) is 0 Å². The van der Waals surface area contributed by atoms with Crippen LogP contribution in [-0.4, -0.2) is 6.16 Å². The molecule has 3 heteroatoms. The fourth-order valence-corrected chi connectivity index (χ4v) is 1.79. The quantitative estimate of drug-likeness (QED) is 0.532. The molecule has 0 N–H and O–H groups in total. The minimum atomic E-state index is -2.64. The van der Waals surface area contributed by atoms with E-state index < -0.39 is 8.11 Å². The third-order valence-corrected chi connectivity index (χ3v) is 2.57. The Labute approximate surface area is 49.2 Å². The fraction of sp³-hybridized carbons (Fsp3) is 1.00. The molecule has 0 amide bonds. The molecule has 1 unspecified atom stereocenters. The Morgan fingerprint density at radius 2 is 2.25 bits per heavy atom. The molecule has 0 aromatic carbocycles. The van der Waals surface area contributed by atoms with E-state index in [-0.39, 0.29) is 0 Å². The first kappa shape index (κ1) is 6.28. The Balaban J connectivity index is 2.09. The fourth-order valence-electron chi connectivity index (χ4n) is 0.924. The van der Waals surface area contributed by atoms with Gasteiger partial charge in [-0.2, -0.15) is 4.20 Å². The van der Waals surface area contributed by atoms with E-state index in [1.807, 2.05) is 0 Å². The second kappa shape index (κ2) is 2.63. The lowest BCUT2D eigenvalue weighted by Gasteiger charge is -2.22. The lowest BCUT2D eigenvalue weighted by Crippen LogP contribution is -2.12. The van der Waals surface area contributed by atoms with E-state index in [0.717, 1.165) is 12.8 Å². The van der Waals surface area contributed by atoms with Gasteiger partial charge in [-0.1, -0.05) is 6.42 Å². The van der Waals surface area contributed by atoms with Gasteiger partial charge in [0.25, 0.3) is 0 Å². The molecule has 1 aliphatic rings. The van der Waals surface area contributed by atoms with Crippen LogP contribution in [0.3, 0.4) is 0 Å². The predicted octanol–water partition coefficient (Wildman–Crippen LogP) is 2.23. The van der Waals surface area contributed by atoms with Crippen LogP contribution >= 0.6 is 8.11 Å². The molecule has 0 saturated heterocycles. The first-order chi connectivity index (χ1) is 3.79. The second-order valence-electron chi connectivity index (χ2n) is 2.36. The summed E-state index contributed by atoms with van der Waals surface area (Å²) in [5.41, 5.74) is 0. The van der Waals surface area contributed by atoms with E-state index in [4.69, 9.17) is 0 Å². The van der Waals surface area contributed by atoms with Crippen molar-refractivity contribution in [2.75, 3.05) is 6.16 Å². The lowest BCUT2D eigenvalue weighted by molar-refractivity contribution is 0.345. The summed E-state index contributed by atoms with van der Waals surface area (Å²) in [5, 5.41) is 0. The maximum absolute atomic E-state index is 11.7. The molecule has 1 atom stereocenters. The monoisotopic (exact) mass is 136 g/mol. The van der Waals surface area contributed by atoms with Gasteiger partial charge in [0.15, 0.2) is 0 Å². The molecule has 1 rings (SSSR count). The highest BCUT2D eigenvalue weighted by Crippen LogP contribution is 2.35. The molecule has 0 aromatic rings. The van der Waals surface area contributed by atoms with Crippen LogP contribution in [0.25, 0.3) is 0 Å². The van der Waals surface area contributed by atoms with Crippen LogP contribution in [-0.2, 0) is 4.57 Å². The zero-order valence-electron chi connectivity index (χ0n) is 4.69. The van der Waals surface area contributed by atoms with E-state index >= 15 is 0 Å². The molecule has 0 bridgehead atoms. The Hall–Kier alpha value is 0.160. The molecule has 0 radical (unpaired) electrons. The maximum atomic E-state index is 11.7. The Morgan fingerprint density at radius 1 is 1.62 bits per heavy atom. The van der Waals surface area contributed by atoms with Gasteiger partial charge >= 0.3 is 0 Å². The van der Waals surface area contributed by atoms with Crippen LogP contribution in [0.4, 0.5) is 4.20 Å². The third kappa shape index (κ3) is 1.59. The summed E-state index contributed by atoms with van der Waals surface area (Å²) >= 11 is 0. The molecule has 48 valence electrons. The topological polar surface area (TPSA) is 17.1 Å². The van der Waals surface area contributed by atoms with E-state index in [2.05, 4.69) is 0 Å². The van der Waals surface area contributed by atoms with Crippen LogP contribution in [0.5, 0.6) is 0 Å². The molecule has 0 spiro atoms. The first-order valence-corrected chi connectivity index (χ1v) is 4.46. The van der Waals surface area contributed by atoms with E-state index in [0.29, 0.717) is 12.1 Å². The highest BCUT2D eigenvalue weighted by Gasteiger charge is 2.18. The Morgan fingerprint density at radius 3 is 2.38 bits per heavy atom. The molecule has 1 nitrogen and oxygen atoms in total. The minimum absolute atomic E-state index is 0.352. The zero-order valence-corrected chi connectivity index (χ0v) is 5.69. The number of hydrogen-bond acceptors (Lipinski definition) is 1. The van der Waals surface area contributed by atoms with E-state index in [9.17, 15) is 8.76 Å². The normalized spacial score (nSPS) is 24.6. The average molecular weight is 136 g/mol. The largest absolute Gasteiger partial charge is 0.291 e. The van der Waals surface area contributed by atoms with Gasteiger partial charge in [-0.3, -0.25) is 4.57 Å². The summed E-state index contributed by atoms with van der Waals surface area (Å²) in [6.45, 7) is 0. The number of rotatable bonds is 2. The molecule has 8 heavy (non-hydrogen) atoms. The SMILES string of the molecule is O=[PH](F)CC1CCC1. The molecular formula is C5H10FOP. The van der Waals surface area contributed by atoms with Gasteiger partial charge in [-0.05, 0) is 18.8 Å². The van der Waals surface area contributed by atoms with Crippen LogP contribution in [0.15, 0.2) is 0 Å². The molecule has 1 fully saturated rings. The van der Waals surface area contributed by atoms with Crippen molar-refractivity contribution in [2.24, 2.45) is 5.92 Å². The zero-order chi connectivity index (χ0) is 5.98. The van der Waals surface area contributed by atoms with Crippen molar-refractivity contribution in [3.05, 3.63) is 0 Å². The van der Waals surface area contributed by atoms with Gasteiger partial charge in [0.05, 0.1) is 0 Å². The van der Waals surface area contributed by atoms with Gasteiger partial charge in [0, 0.05) is 6.16 Å². The lowest BCUT2D eigenvalue weighted by atomic mass is 9.87. The second-order valence-corrected chi connectivity index (χ2v) is 3.47. The number of halogens is 1. The summed E-state index contributed by atoms with van der Waals surface area (Å²) in [4.78, 5) is 0. The van der Waals surface area contributed by atoms with Gasteiger partial charge in [-0.25, -0.2) is 0 Å². The Kier molecular flexibility index (Phi) is 2.07. The van der Waals surface area contributed by atoms with Crippen molar-refractivity contribution in [3.8, 4) is 0 Å². The summed E-state index contributed by atoms with van der Waals surface area (Å²) in [6, 6.07) is 0. The molecule has 0 heterocycles. The Bertz CT molecular complexity index is 101. The van der Waals surface area contributed by atoms with Crippen molar-refractivity contribution in [1.82, 2.24) is 0 Å². The molecule has 1 aliphatic carbocycles. The van der Waals surface area contributed by atoms with Crippen molar-refractivity contribution < 1.29 is 8.76 Å². The first-order valence-electron chi connectivity index (χ1n) is 2.97. The summed E-state index contributed by atoms with van der Waals surface area (Å²) in [5.74, 6) is 0.464. The summed E-state index contributed by atoms with van der Waals surface area (Å²) in [6.07, 6.45) is 3.76. The minimum Gasteiger partial charge on any atom is -0.291 e. The van der Waals surface area contributed by atoms with E-state index in [1.165, 1.54) is 6.42 Å². The summed E-state index contributed by atoms with van der Waals surface area (Å²) in [7, 11) is -2.64. The third-order valence-electron chi connectivity index (χ3n) is 1.67. The van der Waals surface area contributed by atoms with Gasteiger partial charge in [-0.15, -0.1) is 0 Å². The molecule has 1 saturated carbocycles. The van der Waals surface area contributed by atoms with Crippen LogP contribution < -0.4 is 0 Å². The van der Waals surface area contributed by atoms with Crippen molar-refractivity contribution in [1.29, 1.82) is 0 Å². The van der Waals surface area contributed by atoms with Gasteiger partial charge in [0.2, 0.25) is 8.11 Å². The molecule has 0 aliphatic heterocycles.